The van der Waals surface area contributed by atoms with E-state index in [9.17, 15) is 9.90 Å². The highest BCUT2D eigenvalue weighted by Crippen LogP contribution is 2.35. The first-order chi connectivity index (χ1) is 12.1. The molecular weight excluding hydrogens is 310 g/mol. The summed E-state index contributed by atoms with van der Waals surface area (Å²) in [6.45, 7) is 2.16. The van der Waals surface area contributed by atoms with Crippen LogP contribution in [0.2, 0.25) is 0 Å². The Balaban J connectivity index is 1.79. The number of nitrogens with one attached hydrogen (secondary N) is 1. The Labute approximate surface area is 150 Å². The van der Waals surface area contributed by atoms with E-state index in [1.54, 1.807) is 0 Å². The number of hydrogen-bond acceptors (Lipinski definition) is 3. The average molecular weight is 337 g/mol. The Morgan fingerprint density at radius 2 is 1.80 bits per heavy atom. The van der Waals surface area contributed by atoms with E-state index in [1.165, 1.54) is 0 Å². The van der Waals surface area contributed by atoms with Gasteiger partial charge in [-0.3, -0.25) is 4.79 Å². The highest BCUT2D eigenvalue weighted by Gasteiger charge is 2.38. The molecule has 0 unspecified atom stereocenters. The van der Waals surface area contributed by atoms with Gasteiger partial charge in [0.05, 0.1) is 6.10 Å². The molecule has 0 aliphatic carbocycles. The van der Waals surface area contributed by atoms with Crippen molar-refractivity contribution in [2.45, 2.75) is 56.7 Å². The zero-order valence-electron chi connectivity index (χ0n) is 14.8. The van der Waals surface area contributed by atoms with Gasteiger partial charge in [0.25, 0.3) is 0 Å². The van der Waals surface area contributed by atoms with Crippen LogP contribution in [0.5, 0.6) is 0 Å². The molecule has 3 heteroatoms. The molecule has 1 aliphatic rings. The van der Waals surface area contributed by atoms with Crippen LogP contribution in [0.15, 0.2) is 60.7 Å². The number of carbonyl (C=O) groups is 1. The zero-order chi connectivity index (χ0) is 17.7. The van der Waals surface area contributed by atoms with Crippen LogP contribution in [0.3, 0.4) is 0 Å². The second-order valence-electron chi connectivity index (χ2n) is 7.31. The van der Waals surface area contributed by atoms with Gasteiger partial charge in [0.1, 0.15) is 0 Å². The minimum absolute atomic E-state index is 0.141. The van der Waals surface area contributed by atoms with E-state index in [0.29, 0.717) is 18.9 Å². The van der Waals surface area contributed by atoms with Crippen molar-refractivity contribution < 1.29 is 9.90 Å². The van der Waals surface area contributed by atoms with E-state index in [2.05, 4.69) is 12.2 Å². The third-order valence-corrected chi connectivity index (χ3v) is 5.21. The van der Waals surface area contributed by atoms with Crippen molar-refractivity contribution in [1.82, 2.24) is 5.32 Å². The predicted octanol–water partition coefficient (Wildman–Crippen LogP) is 4.28. The van der Waals surface area contributed by atoms with Gasteiger partial charge in [0.2, 0.25) is 0 Å². The van der Waals surface area contributed by atoms with Crippen molar-refractivity contribution in [1.29, 1.82) is 0 Å². The first-order valence-corrected chi connectivity index (χ1v) is 9.17. The van der Waals surface area contributed by atoms with Crippen LogP contribution >= 0.6 is 0 Å². The van der Waals surface area contributed by atoms with Crippen LogP contribution in [-0.2, 0) is 0 Å². The molecule has 1 heterocycles. The number of aliphatic hydroxyl groups is 1. The molecule has 0 saturated carbocycles. The summed E-state index contributed by atoms with van der Waals surface area (Å²) >= 11 is 0. The molecule has 0 spiro atoms. The van der Waals surface area contributed by atoms with E-state index in [1.807, 2.05) is 60.7 Å². The molecule has 3 nitrogen and oxygen atoms in total. The van der Waals surface area contributed by atoms with Crippen LogP contribution in [0.4, 0.5) is 0 Å². The Morgan fingerprint density at radius 3 is 2.44 bits per heavy atom. The number of ketones is 1. The summed E-state index contributed by atoms with van der Waals surface area (Å²) in [5.74, 6) is 0.141. The van der Waals surface area contributed by atoms with Gasteiger partial charge in [-0.1, -0.05) is 67.1 Å². The van der Waals surface area contributed by atoms with E-state index < -0.39 is 6.10 Å². The molecule has 2 N–H and O–H groups in total. The molecule has 0 bridgehead atoms. The van der Waals surface area contributed by atoms with Gasteiger partial charge in [-0.2, -0.15) is 0 Å². The fraction of sp³-hybridized carbons (Fsp3) is 0.409. The molecule has 2 aromatic rings. The quantitative estimate of drug-likeness (QED) is 0.773. The lowest BCUT2D eigenvalue weighted by molar-refractivity contribution is 0.0723. The first-order valence-electron chi connectivity index (χ1n) is 9.17. The maximum absolute atomic E-state index is 12.8. The maximum atomic E-state index is 12.8. The van der Waals surface area contributed by atoms with E-state index in [-0.39, 0.29) is 11.3 Å². The van der Waals surface area contributed by atoms with Crippen LogP contribution in [0.25, 0.3) is 0 Å². The van der Waals surface area contributed by atoms with Crippen LogP contribution in [-0.4, -0.2) is 22.5 Å². The molecule has 1 aliphatic heterocycles. The standard InChI is InChI=1S/C22H27NO2/c1-17-9-8-14-22(23-17,15-20(24)18-10-4-2-5-11-18)16-21(25)19-12-6-3-7-13-19/h2-7,10-13,17,20,23-24H,8-9,14-16H2,1H3/t17-,20-,22+/m0/s1. The molecule has 0 radical (unpaired) electrons. The first kappa shape index (κ1) is 17.8. The highest BCUT2D eigenvalue weighted by atomic mass is 16.3. The number of rotatable bonds is 6. The molecule has 3 atom stereocenters. The Kier molecular flexibility index (Phi) is 5.67. The van der Waals surface area contributed by atoms with Gasteiger partial charge < -0.3 is 10.4 Å². The molecule has 1 fully saturated rings. The van der Waals surface area contributed by atoms with Gasteiger partial charge >= 0.3 is 0 Å². The van der Waals surface area contributed by atoms with E-state index >= 15 is 0 Å². The number of hydrogen-bond donors (Lipinski definition) is 2. The summed E-state index contributed by atoms with van der Waals surface area (Å²) in [6.07, 6.45) is 3.52. The lowest BCUT2D eigenvalue weighted by Gasteiger charge is -2.42. The van der Waals surface area contributed by atoms with Crippen molar-refractivity contribution in [2.75, 3.05) is 0 Å². The summed E-state index contributed by atoms with van der Waals surface area (Å²) < 4.78 is 0. The Bertz CT molecular complexity index is 686. The highest BCUT2D eigenvalue weighted by molar-refractivity contribution is 5.96. The van der Waals surface area contributed by atoms with Crippen LogP contribution < -0.4 is 5.32 Å². The summed E-state index contributed by atoms with van der Waals surface area (Å²) in [5.41, 5.74) is 1.31. The van der Waals surface area contributed by atoms with E-state index in [4.69, 9.17) is 0 Å². The van der Waals surface area contributed by atoms with Crippen molar-refractivity contribution in [2.24, 2.45) is 0 Å². The lowest BCUT2D eigenvalue weighted by Crippen LogP contribution is -2.54. The topological polar surface area (TPSA) is 49.3 Å². The van der Waals surface area contributed by atoms with Crippen LogP contribution in [0, 0.1) is 0 Å². The predicted molar refractivity (Wildman–Crippen MR) is 101 cm³/mol. The molecule has 0 aromatic heterocycles. The molecule has 132 valence electrons. The van der Waals surface area contributed by atoms with Crippen LogP contribution in [0.1, 0.15) is 61.1 Å². The van der Waals surface area contributed by atoms with Crippen molar-refractivity contribution in [3.8, 4) is 0 Å². The number of aliphatic hydroxyl groups excluding tert-OH is 1. The summed E-state index contributed by atoms with van der Waals surface area (Å²) in [5, 5.41) is 14.4. The Hall–Kier alpha value is -1.97. The fourth-order valence-corrected chi connectivity index (χ4v) is 3.98. The summed E-state index contributed by atoms with van der Waals surface area (Å²) in [6, 6.07) is 19.6. The van der Waals surface area contributed by atoms with Crippen molar-refractivity contribution >= 4 is 5.78 Å². The summed E-state index contributed by atoms with van der Waals surface area (Å²) in [7, 11) is 0. The van der Waals surface area contributed by atoms with Gasteiger partial charge in [0, 0.05) is 23.6 Å². The normalized spacial score (nSPS) is 24.6. The minimum Gasteiger partial charge on any atom is -0.388 e. The van der Waals surface area contributed by atoms with Crippen molar-refractivity contribution in [3.63, 3.8) is 0 Å². The molecule has 3 rings (SSSR count). The fourth-order valence-electron chi connectivity index (χ4n) is 3.98. The number of carbonyl (C=O) groups excluding carboxylic acids is 1. The summed E-state index contributed by atoms with van der Waals surface area (Å²) in [4.78, 5) is 12.8. The van der Waals surface area contributed by atoms with E-state index in [0.717, 1.165) is 30.4 Å². The number of benzene rings is 2. The third kappa shape index (κ3) is 4.56. The molecule has 1 saturated heterocycles. The SMILES string of the molecule is C[C@H]1CCC[C@](CC(=O)c2ccccc2)(C[C@H](O)c2ccccc2)N1. The van der Waals surface area contributed by atoms with Gasteiger partial charge in [-0.05, 0) is 31.7 Å². The molecule has 0 amide bonds. The molecule has 2 aromatic carbocycles. The smallest absolute Gasteiger partial charge is 0.164 e. The van der Waals surface area contributed by atoms with Gasteiger partial charge in [0.15, 0.2) is 5.78 Å². The second kappa shape index (κ2) is 7.94. The monoisotopic (exact) mass is 337 g/mol. The number of piperidine rings is 1. The van der Waals surface area contributed by atoms with Crippen molar-refractivity contribution in [3.05, 3.63) is 71.8 Å². The third-order valence-electron chi connectivity index (χ3n) is 5.21. The minimum atomic E-state index is -0.567. The molecule has 25 heavy (non-hydrogen) atoms. The maximum Gasteiger partial charge on any atom is 0.164 e. The largest absolute Gasteiger partial charge is 0.388 e. The molecular formula is C22H27NO2. The second-order valence-corrected chi connectivity index (χ2v) is 7.31. The van der Waals surface area contributed by atoms with Gasteiger partial charge in [-0.15, -0.1) is 0 Å². The lowest BCUT2D eigenvalue weighted by atomic mass is 9.76. The van der Waals surface area contributed by atoms with Gasteiger partial charge in [-0.25, -0.2) is 0 Å². The Morgan fingerprint density at radius 1 is 1.16 bits per heavy atom. The zero-order valence-corrected chi connectivity index (χ0v) is 14.8. The average Bonchev–Trinajstić information content (AvgIpc) is 2.63. The number of Topliss-reactive ketones (excluding diaryl/α,β-unsaturated/α-hetero) is 1.